The molecule has 0 spiro atoms. The smallest absolute Gasteiger partial charge is 0.168 e. The lowest BCUT2D eigenvalue weighted by atomic mass is 10.0. The van der Waals surface area contributed by atoms with Crippen molar-refractivity contribution in [2.75, 3.05) is 19.6 Å². The first-order valence-electron chi connectivity index (χ1n) is 8.41. The largest absolute Gasteiger partial charge is 0.505 e. The maximum Gasteiger partial charge on any atom is 0.168 e. The molecule has 2 aromatic rings. The molecule has 0 amide bonds. The minimum atomic E-state index is -0.0378. The van der Waals surface area contributed by atoms with Gasteiger partial charge in [-0.2, -0.15) is 0 Å². The Labute approximate surface area is 173 Å². The Hall–Kier alpha value is -1.20. The molecule has 0 fully saturated rings. The maximum absolute atomic E-state index is 9.95. The molecule has 0 saturated carbocycles. The van der Waals surface area contributed by atoms with Crippen LogP contribution in [0.4, 0.5) is 0 Å². The van der Waals surface area contributed by atoms with Crippen molar-refractivity contribution in [3.63, 3.8) is 0 Å². The molecule has 0 atom stereocenters. The van der Waals surface area contributed by atoms with Crippen molar-refractivity contribution in [3.05, 3.63) is 62.1 Å². The first-order valence-corrected chi connectivity index (χ1v) is 9.96. The fourth-order valence-electron chi connectivity index (χ4n) is 3.08. The van der Waals surface area contributed by atoms with Gasteiger partial charge in [0, 0.05) is 24.7 Å². The highest BCUT2D eigenvalue weighted by Gasteiger charge is 2.21. The maximum atomic E-state index is 9.95. The van der Waals surface area contributed by atoms with Gasteiger partial charge in [0.1, 0.15) is 0 Å². The summed E-state index contributed by atoms with van der Waals surface area (Å²) in [7, 11) is 0. The van der Waals surface area contributed by atoms with Gasteiger partial charge >= 0.3 is 0 Å². The summed E-state index contributed by atoms with van der Waals surface area (Å²) in [5.41, 5.74) is 3.24. The fourth-order valence-corrected chi connectivity index (χ4v) is 4.09. The number of phenolic OH excluding ortho intramolecular Hbond substituents is 1. The lowest BCUT2D eigenvalue weighted by molar-refractivity contribution is 0.431. The van der Waals surface area contributed by atoms with Gasteiger partial charge in [-0.3, -0.25) is 0 Å². The van der Waals surface area contributed by atoms with Crippen LogP contribution in [0.3, 0.4) is 0 Å². The Bertz CT molecular complexity index is 811. The number of nitrogens with one attached hydrogen (secondary N) is 1. The summed E-state index contributed by atoms with van der Waals surface area (Å²) in [4.78, 5) is 2.14. The Balaban J connectivity index is 1.56. The first-order chi connectivity index (χ1) is 12.5. The van der Waals surface area contributed by atoms with Crippen LogP contribution in [0.5, 0.6) is 5.75 Å². The van der Waals surface area contributed by atoms with Gasteiger partial charge < -0.3 is 15.3 Å². The fraction of sp³-hybridized carbons (Fsp3) is 0.316. The number of fused-ring (bicyclic) bond motifs is 1. The standard InChI is InChI=1S/C19H19Cl3N2OS/c20-14-3-1-12(2-4-14)5-8-23-19(26)24-9-6-13-11-16(21)18(25)17(22)15(13)7-10-24/h1-4,11,25H,5-10H2,(H,23,26). The van der Waals surface area contributed by atoms with Gasteiger partial charge in [0.05, 0.1) is 10.0 Å². The summed E-state index contributed by atoms with van der Waals surface area (Å²) >= 11 is 23.8. The average Bonchev–Trinajstić information content (AvgIpc) is 2.84. The summed E-state index contributed by atoms with van der Waals surface area (Å²) < 4.78 is 0. The first kappa shape index (κ1) is 19.6. The summed E-state index contributed by atoms with van der Waals surface area (Å²) in [6, 6.07) is 9.64. The number of benzene rings is 2. The molecule has 2 N–H and O–H groups in total. The second-order valence-electron chi connectivity index (χ2n) is 6.25. The zero-order valence-electron chi connectivity index (χ0n) is 14.1. The Morgan fingerprint density at radius 2 is 1.81 bits per heavy atom. The lowest BCUT2D eigenvalue weighted by Gasteiger charge is -2.24. The molecule has 138 valence electrons. The zero-order valence-corrected chi connectivity index (χ0v) is 17.2. The van der Waals surface area contributed by atoms with E-state index in [0.717, 1.165) is 60.2 Å². The van der Waals surface area contributed by atoms with E-state index in [4.69, 9.17) is 47.0 Å². The summed E-state index contributed by atoms with van der Waals surface area (Å²) in [5, 5.41) is 15.4. The molecule has 0 aliphatic carbocycles. The molecular weight excluding hydrogens is 411 g/mol. The third kappa shape index (κ3) is 4.55. The van der Waals surface area contributed by atoms with Crippen molar-refractivity contribution >= 4 is 52.1 Å². The molecule has 1 heterocycles. The van der Waals surface area contributed by atoms with E-state index in [1.165, 1.54) is 5.56 Å². The predicted molar refractivity (Wildman–Crippen MR) is 113 cm³/mol. The van der Waals surface area contributed by atoms with Gasteiger partial charge in [-0.25, -0.2) is 0 Å². The molecule has 0 radical (unpaired) electrons. The molecule has 0 bridgehead atoms. The third-order valence-corrected chi connectivity index (χ3v) is 5.91. The van der Waals surface area contributed by atoms with E-state index < -0.39 is 0 Å². The van der Waals surface area contributed by atoms with Crippen LogP contribution in [-0.2, 0) is 19.3 Å². The number of hydrogen-bond acceptors (Lipinski definition) is 2. The Kier molecular flexibility index (Phi) is 6.51. The summed E-state index contributed by atoms with van der Waals surface area (Å²) in [6.07, 6.45) is 2.38. The zero-order chi connectivity index (χ0) is 18.7. The number of nitrogens with zero attached hydrogens (tertiary/aromatic N) is 1. The molecule has 1 aliphatic rings. The number of phenols is 1. The highest BCUT2D eigenvalue weighted by Crippen LogP contribution is 2.38. The molecule has 0 saturated heterocycles. The van der Waals surface area contributed by atoms with Gasteiger partial charge in [0.2, 0.25) is 0 Å². The van der Waals surface area contributed by atoms with Gasteiger partial charge in [0.25, 0.3) is 0 Å². The van der Waals surface area contributed by atoms with E-state index in [9.17, 15) is 5.11 Å². The molecule has 1 aliphatic heterocycles. The molecular formula is C19H19Cl3N2OS. The van der Waals surface area contributed by atoms with Gasteiger partial charge in [-0.05, 0) is 66.4 Å². The van der Waals surface area contributed by atoms with Crippen LogP contribution in [-0.4, -0.2) is 34.8 Å². The van der Waals surface area contributed by atoms with E-state index in [2.05, 4.69) is 10.2 Å². The predicted octanol–water partition coefficient (Wildman–Crippen LogP) is 4.87. The molecule has 26 heavy (non-hydrogen) atoms. The van der Waals surface area contributed by atoms with Crippen molar-refractivity contribution in [2.24, 2.45) is 0 Å². The minimum absolute atomic E-state index is 0.0378. The van der Waals surface area contributed by atoms with Crippen molar-refractivity contribution in [3.8, 4) is 5.75 Å². The van der Waals surface area contributed by atoms with Crippen molar-refractivity contribution in [1.29, 1.82) is 0 Å². The Morgan fingerprint density at radius 1 is 1.12 bits per heavy atom. The van der Waals surface area contributed by atoms with Crippen molar-refractivity contribution < 1.29 is 5.11 Å². The van der Waals surface area contributed by atoms with E-state index in [-0.39, 0.29) is 5.75 Å². The number of aromatic hydroxyl groups is 1. The third-order valence-electron chi connectivity index (χ3n) is 4.56. The van der Waals surface area contributed by atoms with Crippen LogP contribution in [0.25, 0.3) is 0 Å². The number of hydrogen-bond donors (Lipinski definition) is 2. The van der Waals surface area contributed by atoms with Crippen molar-refractivity contribution in [2.45, 2.75) is 19.3 Å². The summed E-state index contributed by atoms with van der Waals surface area (Å²) in [6.45, 7) is 2.30. The molecule has 7 heteroatoms. The second kappa shape index (κ2) is 8.66. The topological polar surface area (TPSA) is 35.5 Å². The molecule has 3 rings (SSSR count). The summed E-state index contributed by atoms with van der Waals surface area (Å²) in [5.74, 6) is -0.0378. The van der Waals surface area contributed by atoms with Crippen molar-refractivity contribution in [1.82, 2.24) is 10.2 Å². The Morgan fingerprint density at radius 3 is 2.54 bits per heavy atom. The van der Waals surface area contributed by atoms with Crippen LogP contribution in [0.1, 0.15) is 16.7 Å². The van der Waals surface area contributed by atoms with E-state index in [0.29, 0.717) is 10.0 Å². The van der Waals surface area contributed by atoms with Gasteiger partial charge in [0.15, 0.2) is 10.9 Å². The minimum Gasteiger partial charge on any atom is -0.505 e. The average molecular weight is 430 g/mol. The quantitative estimate of drug-likeness (QED) is 0.682. The monoisotopic (exact) mass is 428 g/mol. The van der Waals surface area contributed by atoms with Crippen LogP contribution in [0, 0.1) is 0 Å². The van der Waals surface area contributed by atoms with Gasteiger partial charge in [-0.1, -0.05) is 46.9 Å². The number of rotatable bonds is 3. The highest BCUT2D eigenvalue weighted by molar-refractivity contribution is 7.80. The normalized spacial score (nSPS) is 13.9. The van der Waals surface area contributed by atoms with Gasteiger partial charge in [-0.15, -0.1) is 0 Å². The van der Waals surface area contributed by atoms with Crippen LogP contribution in [0.15, 0.2) is 30.3 Å². The molecule has 0 unspecified atom stereocenters. The molecule has 0 aromatic heterocycles. The second-order valence-corrected chi connectivity index (χ2v) is 7.86. The SMILES string of the molecule is Oc1c(Cl)cc2c(c1Cl)CCN(C(=S)NCCc1ccc(Cl)cc1)CC2. The molecule has 3 nitrogen and oxygen atoms in total. The number of halogens is 3. The lowest BCUT2D eigenvalue weighted by Crippen LogP contribution is -2.41. The van der Waals surface area contributed by atoms with Crippen LogP contribution < -0.4 is 5.32 Å². The molecule has 2 aromatic carbocycles. The van der Waals surface area contributed by atoms with Crippen LogP contribution in [0.2, 0.25) is 15.1 Å². The van der Waals surface area contributed by atoms with E-state index in [1.54, 1.807) is 6.07 Å². The highest BCUT2D eigenvalue weighted by atomic mass is 35.5. The van der Waals surface area contributed by atoms with Crippen LogP contribution >= 0.6 is 47.0 Å². The van der Waals surface area contributed by atoms with E-state index in [1.807, 2.05) is 24.3 Å². The number of thiocarbonyl (C=S) groups is 1. The van der Waals surface area contributed by atoms with E-state index >= 15 is 0 Å².